The van der Waals surface area contributed by atoms with E-state index in [9.17, 15) is 15.2 Å². The maximum Gasteiger partial charge on any atom is 0.275 e. The fourth-order valence-corrected chi connectivity index (χ4v) is 2.10. The van der Waals surface area contributed by atoms with Crippen LogP contribution in [0.25, 0.3) is 0 Å². The van der Waals surface area contributed by atoms with Crippen LogP contribution in [0.15, 0.2) is 18.2 Å². The lowest BCUT2D eigenvalue weighted by molar-refractivity contribution is -0.384. The van der Waals surface area contributed by atoms with Crippen LogP contribution in [0.1, 0.15) is 0 Å². The van der Waals surface area contributed by atoms with Crippen molar-refractivity contribution in [3.63, 3.8) is 0 Å². The summed E-state index contributed by atoms with van der Waals surface area (Å²) in [6.07, 6.45) is 0. The molecule has 0 aromatic heterocycles. The van der Waals surface area contributed by atoms with E-state index in [1.807, 2.05) is 4.90 Å². The topological polar surface area (TPSA) is 85.1 Å². The Hall–Kier alpha value is -1.86. The van der Waals surface area contributed by atoms with Gasteiger partial charge < -0.3 is 19.5 Å². The molecule has 0 saturated carbocycles. The maximum absolute atomic E-state index is 10.9. The average Bonchev–Trinajstić information content (AvgIpc) is 2.46. The van der Waals surface area contributed by atoms with Crippen LogP contribution in [-0.2, 0) is 4.74 Å². The Labute approximate surface area is 110 Å². The Morgan fingerprint density at radius 1 is 1.58 bits per heavy atom. The fourth-order valence-electron chi connectivity index (χ4n) is 2.10. The van der Waals surface area contributed by atoms with Gasteiger partial charge in [-0.1, -0.05) is 0 Å². The molecule has 7 nitrogen and oxygen atoms in total. The number of morpholine rings is 1. The molecular weight excluding hydrogens is 252 g/mol. The molecule has 1 N–H and O–H groups in total. The van der Waals surface area contributed by atoms with Gasteiger partial charge in [-0.3, -0.25) is 10.1 Å². The van der Waals surface area contributed by atoms with E-state index in [-0.39, 0.29) is 18.3 Å². The number of nitro groups is 1. The Bertz CT molecular complexity index is 465. The number of ether oxygens (including phenoxy) is 2. The first kappa shape index (κ1) is 13.6. The second-order valence-corrected chi connectivity index (χ2v) is 4.25. The van der Waals surface area contributed by atoms with Crippen molar-refractivity contribution in [3.05, 3.63) is 28.3 Å². The molecule has 0 amide bonds. The molecule has 19 heavy (non-hydrogen) atoms. The molecule has 0 bridgehead atoms. The van der Waals surface area contributed by atoms with Crippen LogP contribution in [0.5, 0.6) is 5.75 Å². The largest absolute Gasteiger partial charge is 0.496 e. The first-order valence-corrected chi connectivity index (χ1v) is 5.94. The maximum atomic E-state index is 10.9. The number of hydrogen-bond donors (Lipinski definition) is 1. The van der Waals surface area contributed by atoms with E-state index in [1.165, 1.54) is 19.2 Å². The van der Waals surface area contributed by atoms with E-state index >= 15 is 0 Å². The smallest absolute Gasteiger partial charge is 0.275 e. The summed E-state index contributed by atoms with van der Waals surface area (Å²) in [5.41, 5.74) is 0.630. The van der Waals surface area contributed by atoms with Crippen molar-refractivity contribution in [1.82, 2.24) is 0 Å². The third-order valence-corrected chi connectivity index (χ3v) is 3.09. The highest BCUT2D eigenvalue weighted by Gasteiger charge is 2.24. The molecule has 1 fully saturated rings. The highest BCUT2D eigenvalue weighted by Crippen LogP contribution is 2.30. The number of hydrogen-bond acceptors (Lipinski definition) is 6. The summed E-state index contributed by atoms with van der Waals surface area (Å²) in [5, 5.41) is 20.3. The first-order chi connectivity index (χ1) is 9.15. The third-order valence-electron chi connectivity index (χ3n) is 3.09. The SMILES string of the molecule is COc1cc(N2CCOCC2CO)cc([N+](=O)[O-])c1. The Kier molecular flexibility index (Phi) is 4.18. The minimum absolute atomic E-state index is 0.0301. The lowest BCUT2D eigenvalue weighted by atomic mass is 10.1. The van der Waals surface area contributed by atoms with Gasteiger partial charge in [0, 0.05) is 24.4 Å². The molecule has 104 valence electrons. The number of aliphatic hydroxyl groups is 1. The standard InChI is InChI=1S/C12H16N2O5/c1-18-12-5-9(4-10(6-12)14(16)17)13-2-3-19-8-11(13)7-15/h4-6,11,15H,2-3,7-8H2,1H3. The van der Waals surface area contributed by atoms with Crippen LogP contribution in [0, 0.1) is 10.1 Å². The van der Waals surface area contributed by atoms with Gasteiger partial charge in [-0.15, -0.1) is 0 Å². The highest BCUT2D eigenvalue weighted by atomic mass is 16.6. The zero-order valence-electron chi connectivity index (χ0n) is 10.6. The van der Waals surface area contributed by atoms with E-state index in [0.29, 0.717) is 31.2 Å². The van der Waals surface area contributed by atoms with E-state index < -0.39 is 4.92 Å². The first-order valence-electron chi connectivity index (χ1n) is 5.94. The van der Waals surface area contributed by atoms with Crippen molar-refractivity contribution in [2.75, 3.05) is 38.4 Å². The molecule has 7 heteroatoms. The van der Waals surface area contributed by atoms with Gasteiger partial charge in [0.2, 0.25) is 0 Å². The Morgan fingerprint density at radius 2 is 2.37 bits per heavy atom. The average molecular weight is 268 g/mol. The summed E-state index contributed by atoms with van der Waals surface area (Å²) in [7, 11) is 1.46. The predicted molar refractivity (Wildman–Crippen MR) is 68.7 cm³/mol. The van der Waals surface area contributed by atoms with E-state index in [4.69, 9.17) is 9.47 Å². The van der Waals surface area contributed by atoms with Gasteiger partial charge in [-0.25, -0.2) is 0 Å². The van der Waals surface area contributed by atoms with Crippen LogP contribution in [0.2, 0.25) is 0 Å². The number of anilines is 1. The van der Waals surface area contributed by atoms with Gasteiger partial charge in [0.15, 0.2) is 0 Å². The van der Waals surface area contributed by atoms with Crippen molar-refractivity contribution < 1.29 is 19.5 Å². The second kappa shape index (κ2) is 5.85. The Morgan fingerprint density at radius 3 is 3.00 bits per heavy atom. The number of rotatable bonds is 4. The van der Waals surface area contributed by atoms with Gasteiger partial charge in [-0.05, 0) is 0 Å². The van der Waals surface area contributed by atoms with Gasteiger partial charge in [0.1, 0.15) is 5.75 Å². The van der Waals surface area contributed by atoms with Crippen LogP contribution < -0.4 is 9.64 Å². The minimum Gasteiger partial charge on any atom is -0.496 e. The lowest BCUT2D eigenvalue weighted by Gasteiger charge is -2.36. The lowest BCUT2D eigenvalue weighted by Crippen LogP contribution is -2.47. The van der Waals surface area contributed by atoms with Gasteiger partial charge in [-0.2, -0.15) is 0 Å². The van der Waals surface area contributed by atoms with Crippen LogP contribution >= 0.6 is 0 Å². The number of nitro benzene ring substituents is 1. The summed E-state index contributed by atoms with van der Waals surface area (Å²) in [6.45, 7) is 1.45. The molecule has 1 unspecified atom stereocenters. The van der Waals surface area contributed by atoms with Gasteiger partial charge in [0.05, 0.1) is 44.0 Å². The molecule has 1 aliphatic rings. The zero-order valence-corrected chi connectivity index (χ0v) is 10.6. The van der Waals surface area contributed by atoms with Crippen molar-refractivity contribution in [2.24, 2.45) is 0 Å². The summed E-state index contributed by atoms with van der Waals surface area (Å²) < 4.78 is 10.4. The van der Waals surface area contributed by atoms with Crippen LogP contribution in [0.4, 0.5) is 11.4 Å². The molecule has 1 aromatic rings. The zero-order chi connectivity index (χ0) is 13.8. The molecule has 1 atom stereocenters. The molecule has 1 heterocycles. The van der Waals surface area contributed by atoms with Crippen molar-refractivity contribution >= 4 is 11.4 Å². The third kappa shape index (κ3) is 2.94. The molecule has 2 rings (SSSR count). The van der Waals surface area contributed by atoms with Gasteiger partial charge in [0.25, 0.3) is 5.69 Å². The number of nitrogens with zero attached hydrogens (tertiary/aromatic N) is 2. The second-order valence-electron chi connectivity index (χ2n) is 4.25. The summed E-state index contributed by atoms with van der Waals surface area (Å²) >= 11 is 0. The van der Waals surface area contributed by atoms with E-state index in [1.54, 1.807) is 6.07 Å². The summed E-state index contributed by atoms with van der Waals surface area (Å²) in [4.78, 5) is 12.4. The van der Waals surface area contributed by atoms with Crippen molar-refractivity contribution in [2.45, 2.75) is 6.04 Å². The summed E-state index contributed by atoms with van der Waals surface area (Å²) in [5.74, 6) is 0.424. The van der Waals surface area contributed by atoms with Crippen LogP contribution in [0.3, 0.4) is 0 Å². The van der Waals surface area contributed by atoms with Crippen molar-refractivity contribution in [1.29, 1.82) is 0 Å². The molecular formula is C12H16N2O5. The minimum atomic E-state index is -0.458. The van der Waals surface area contributed by atoms with E-state index in [0.717, 1.165) is 0 Å². The molecule has 0 radical (unpaired) electrons. The number of aliphatic hydroxyl groups excluding tert-OH is 1. The highest BCUT2D eigenvalue weighted by molar-refractivity contribution is 5.58. The Balaban J connectivity index is 2.36. The molecule has 1 saturated heterocycles. The number of methoxy groups -OCH3 is 1. The van der Waals surface area contributed by atoms with Crippen LogP contribution in [-0.4, -0.2) is 49.5 Å². The molecule has 0 aliphatic carbocycles. The predicted octanol–water partition coefficient (Wildman–Crippen LogP) is 0.801. The molecule has 0 spiro atoms. The number of non-ortho nitro benzene ring substituents is 1. The van der Waals surface area contributed by atoms with E-state index in [2.05, 4.69) is 0 Å². The quantitative estimate of drug-likeness (QED) is 0.642. The molecule has 1 aliphatic heterocycles. The fraction of sp³-hybridized carbons (Fsp3) is 0.500. The normalized spacial score (nSPS) is 19.3. The molecule has 1 aromatic carbocycles. The monoisotopic (exact) mass is 268 g/mol. The number of benzene rings is 1. The van der Waals surface area contributed by atoms with Gasteiger partial charge >= 0.3 is 0 Å². The van der Waals surface area contributed by atoms with Crippen molar-refractivity contribution in [3.8, 4) is 5.75 Å². The summed E-state index contributed by atoms with van der Waals surface area (Å²) in [6, 6.07) is 4.38.